The molecular weight excluding hydrogens is 418 g/mol. The fourth-order valence-electron chi connectivity index (χ4n) is 2.27. The molecule has 0 radical (unpaired) electrons. The number of carbonyl (C=O) groups is 3. The van der Waals surface area contributed by atoms with Crippen molar-refractivity contribution >= 4 is 44.8 Å². The second-order valence-corrected chi connectivity index (χ2v) is 9.24. The molecule has 0 spiro atoms. The summed E-state index contributed by atoms with van der Waals surface area (Å²) in [5.41, 5.74) is 0.794. The Morgan fingerprint density at radius 2 is 1.93 bits per heavy atom. The summed E-state index contributed by atoms with van der Waals surface area (Å²) in [6.45, 7) is -1.18. The molecule has 29 heavy (non-hydrogen) atoms. The maximum Gasteiger partial charge on any atom is 0.321 e. The number of ether oxygens (including phenoxy) is 1. The Hall–Kier alpha value is -2.76. The van der Waals surface area contributed by atoms with Crippen molar-refractivity contribution in [1.29, 1.82) is 0 Å². The molecule has 11 heteroatoms. The van der Waals surface area contributed by atoms with E-state index >= 15 is 0 Å². The van der Waals surface area contributed by atoms with Crippen LogP contribution in [-0.4, -0.2) is 45.4 Å². The van der Waals surface area contributed by atoms with E-state index in [2.05, 4.69) is 15.4 Å². The Morgan fingerprint density at radius 1 is 1.14 bits per heavy atom. The van der Waals surface area contributed by atoms with Gasteiger partial charge in [-0.3, -0.25) is 14.4 Å². The molecule has 1 fully saturated rings. The van der Waals surface area contributed by atoms with Gasteiger partial charge in [-0.2, -0.15) is 4.72 Å². The van der Waals surface area contributed by atoms with Crippen LogP contribution in [0.25, 0.3) is 0 Å². The number of thiophene rings is 1. The highest BCUT2D eigenvalue weighted by Gasteiger charge is 2.24. The third-order valence-electron chi connectivity index (χ3n) is 3.85. The SMILES string of the molecule is O=C(COC(=O)CNS(=O)(=O)c1cccs1)Nc1cccc(C(=O)NC2CC2)c1. The van der Waals surface area contributed by atoms with Crippen LogP contribution in [-0.2, 0) is 24.3 Å². The van der Waals surface area contributed by atoms with Crippen molar-refractivity contribution in [3.63, 3.8) is 0 Å². The van der Waals surface area contributed by atoms with Crippen molar-refractivity contribution in [2.24, 2.45) is 0 Å². The van der Waals surface area contributed by atoms with E-state index in [9.17, 15) is 22.8 Å². The van der Waals surface area contributed by atoms with E-state index in [1.54, 1.807) is 29.6 Å². The third kappa shape index (κ3) is 6.38. The molecule has 3 N–H and O–H groups in total. The lowest BCUT2D eigenvalue weighted by Crippen LogP contribution is -2.32. The average molecular weight is 437 g/mol. The first kappa shape index (κ1) is 21.0. The molecule has 1 saturated carbocycles. The fourth-order valence-corrected chi connectivity index (χ4v) is 4.28. The zero-order valence-corrected chi connectivity index (χ0v) is 16.8. The summed E-state index contributed by atoms with van der Waals surface area (Å²) >= 11 is 1.02. The molecule has 3 rings (SSSR count). The summed E-state index contributed by atoms with van der Waals surface area (Å²) in [4.78, 5) is 35.7. The first-order valence-electron chi connectivity index (χ1n) is 8.73. The molecule has 0 saturated heterocycles. The van der Waals surface area contributed by atoms with Gasteiger partial charge in [0.05, 0.1) is 0 Å². The van der Waals surface area contributed by atoms with Crippen LogP contribution in [0.4, 0.5) is 5.69 Å². The molecule has 0 atom stereocenters. The quantitative estimate of drug-likeness (QED) is 0.504. The number of carbonyl (C=O) groups excluding carboxylic acids is 3. The summed E-state index contributed by atoms with van der Waals surface area (Å²) in [5, 5.41) is 6.97. The number of nitrogens with one attached hydrogen (secondary N) is 3. The Balaban J connectivity index is 1.43. The zero-order chi connectivity index (χ0) is 20.9. The lowest BCUT2D eigenvalue weighted by molar-refractivity contribution is -0.146. The number of benzene rings is 1. The van der Waals surface area contributed by atoms with Gasteiger partial charge >= 0.3 is 5.97 Å². The summed E-state index contributed by atoms with van der Waals surface area (Å²) in [7, 11) is -3.79. The molecule has 1 aliphatic carbocycles. The molecule has 2 amide bonds. The first-order chi connectivity index (χ1) is 13.8. The maximum atomic E-state index is 12.0. The van der Waals surface area contributed by atoms with Gasteiger partial charge in [-0.25, -0.2) is 8.42 Å². The van der Waals surface area contributed by atoms with E-state index < -0.39 is 35.1 Å². The standard InChI is InChI=1S/C18H19N3O6S2/c22-15(11-27-16(23)10-19-29(25,26)17-5-2-8-28-17)20-14-4-1-3-12(9-14)18(24)21-13-6-7-13/h1-5,8-9,13,19H,6-7,10-11H2,(H,20,22)(H,21,24). The van der Waals surface area contributed by atoms with Crippen molar-refractivity contribution < 1.29 is 27.5 Å². The van der Waals surface area contributed by atoms with Crippen LogP contribution in [0.3, 0.4) is 0 Å². The number of hydrogen-bond donors (Lipinski definition) is 3. The Kier molecular flexibility index (Phi) is 6.62. The van der Waals surface area contributed by atoms with Crippen molar-refractivity contribution in [3.8, 4) is 0 Å². The molecule has 0 unspecified atom stereocenters. The van der Waals surface area contributed by atoms with Crippen LogP contribution in [0.15, 0.2) is 46.0 Å². The average Bonchev–Trinajstić information content (AvgIpc) is 3.31. The highest BCUT2D eigenvalue weighted by Crippen LogP contribution is 2.20. The number of rotatable bonds is 9. The van der Waals surface area contributed by atoms with E-state index in [0.29, 0.717) is 11.3 Å². The Bertz CT molecular complexity index is 1000. The van der Waals surface area contributed by atoms with Crippen molar-refractivity contribution in [3.05, 3.63) is 47.3 Å². The van der Waals surface area contributed by atoms with Crippen LogP contribution in [0, 0.1) is 0 Å². The van der Waals surface area contributed by atoms with Gasteiger partial charge in [-0.15, -0.1) is 11.3 Å². The predicted molar refractivity (Wildman–Crippen MR) is 106 cm³/mol. The Morgan fingerprint density at radius 3 is 2.62 bits per heavy atom. The summed E-state index contributed by atoms with van der Waals surface area (Å²) in [5.74, 6) is -1.72. The fraction of sp³-hybridized carbons (Fsp3) is 0.278. The molecular formula is C18H19N3O6S2. The van der Waals surface area contributed by atoms with E-state index in [1.165, 1.54) is 12.1 Å². The molecule has 1 aromatic heterocycles. The van der Waals surface area contributed by atoms with Gasteiger partial charge in [-0.1, -0.05) is 12.1 Å². The summed E-state index contributed by atoms with van der Waals surface area (Å²) in [6.07, 6.45) is 1.94. The topological polar surface area (TPSA) is 131 Å². The first-order valence-corrected chi connectivity index (χ1v) is 11.1. The molecule has 9 nitrogen and oxygen atoms in total. The van der Waals surface area contributed by atoms with Gasteiger partial charge in [0.25, 0.3) is 21.8 Å². The van der Waals surface area contributed by atoms with Gasteiger partial charge in [0.1, 0.15) is 10.8 Å². The summed E-state index contributed by atoms with van der Waals surface area (Å²) < 4.78 is 30.8. The van der Waals surface area contributed by atoms with Gasteiger partial charge in [-0.05, 0) is 42.5 Å². The largest absolute Gasteiger partial charge is 0.455 e. The smallest absolute Gasteiger partial charge is 0.321 e. The predicted octanol–water partition coefficient (Wildman–Crippen LogP) is 1.10. The summed E-state index contributed by atoms with van der Waals surface area (Å²) in [6, 6.07) is 9.58. The molecule has 1 aromatic carbocycles. The number of hydrogen-bond acceptors (Lipinski definition) is 7. The normalized spacial score (nSPS) is 13.5. The maximum absolute atomic E-state index is 12.0. The number of amides is 2. The lowest BCUT2D eigenvalue weighted by Gasteiger charge is -2.09. The van der Waals surface area contributed by atoms with E-state index in [4.69, 9.17) is 4.74 Å². The second-order valence-electron chi connectivity index (χ2n) is 6.29. The third-order valence-corrected chi connectivity index (χ3v) is 6.65. The van der Waals surface area contributed by atoms with E-state index in [-0.39, 0.29) is 16.2 Å². The minimum Gasteiger partial charge on any atom is -0.455 e. The minimum atomic E-state index is -3.79. The van der Waals surface area contributed by atoms with E-state index in [1.807, 2.05) is 0 Å². The lowest BCUT2D eigenvalue weighted by atomic mass is 10.2. The molecule has 1 heterocycles. The second kappa shape index (κ2) is 9.16. The van der Waals surface area contributed by atoms with Crippen LogP contribution in [0.5, 0.6) is 0 Å². The Labute approximate surface area is 171 Å². The van der Waals surface area contributed by atoms with Gasteiger partial charge in [0.2, 0.25) is 0 Å². The van der Waals surface area contributed by atoms with Gasteiger partial charge in [0.15, 0.2) is 6.61 Å². The van der Waals surface area contributed by atoms with Crippen molar-refractivity contribution in [2.45, 2.75) is 23.1 Å². The highest BCUT2D eigenvalue weighted by atomic mass is 32.2. The van der Waals surface area contributed by atoms with Crippen molar-refractivity contribution in [1.82, 2.24) is 10.0 Å². The van der Waals surface area contributed by atoms with Crippen LogP contribution in [0.2, 0.25) is 0 Å². The highest BCUT2D eigenvalue weighted by molar-refractivity contribution is 7.91. The zero-order valence-electron chi connectivity index (χ0n) is 15.2. The van der Waals surface area contributed by atoms with E-state index in [0.717, 1.165) is 24.2 Å². The van der Waals surface area contributed by atoms with Crippen LogP contribution < -0.4 is 15.4 Å². The number of anilines is 1. The van der Waals surface area contributed by atoms with Crippen LogP contribution >= 0.6 is 11.3 Å². The molecule has 0 bridgehead atoms. The molecule has 154 valence electrons. The van der Waals surface area contributed by atoms with Gasteiger partial charge in [0, 0.05) is 17.3 Å². The molecule has 1 aliphatic rings. The van der Waals surface area contributed by atoms with Crippen LogP contribution in [0.1, 0.15) is 23.2 Å². The van der Waals surface area contributed by atoms with Gasteiger partial charge < -0.3 is 15.4 Å². The number of esters is 1. The number of sulfonamides is 1. The minimum absolute atomic E-state index is 0.0775. The van der Waals surface area contributed by atoms with Crippen molar-refractivity contribution in [2.75, 3.05) is 18.5 Å². The molecule has 0 aliphatic heterocycles. The monoisotopic (exact) mass is 437 g/mol. The molecule has 2 aromatic rings.